The summed E-state index contributed by atoms with van der Waals surface area (Å²) in [5.74, 6) is 3.01. The summed E-state index contributed by atoms with van der Waals surface area (Å²) in [4.78, 5) is 13.0. The lowest BCUT2D eigenvalue weighted by atomic mass is 9.53. The molecule has 0 aromatic heterocycles. The number of nitrogens with one attached hydrogen (secondary N) is 2. The van der Waals surface area contributed by atoms with Crippen LogP contribution < -0.4 is 10.6 Å². The first kappa shape index (κ1) is 14.9. The van der Waals surface area contributed by atoms with Crippen LogP contribution in [0.5, 0.6) is 0 Å². The van der Waals surface area contributed by atoms with Crippen LogP contribution in [0.2, 0.25) is 0 Å². The first-order valence-electron chi connectivity index (χ1n) is 9.79. The standard InChI is InChI=1S/C21H28N2O/c1-13(20(24)18-2-3-19-17(9-18)4-5-22-19)23-21-10-14-6-15(11-21)8-16(7-14)12-21/h2-3,9,13-16,22-23H,4-8,10-12H2,1H3. The maximum atomic E-state index is 13.0. The van der Waals surface area contributed by atoms with E-state index in [4.69, 9.17) is 0 Å². The van der Waals surface area contributed by atoms with Gasteiger partial charge in [0.1, 0.15) is 0 Å². The van der Waals surface area contributed by atoms with Crippen LogP contribution in [-0.4, -0.2) is 23.9 Å². The monoisotopic (exact) mass is 324 g/mol. The van der Waals surface area contributed by atoms with Gasteiger partial charge >= 0.3 is 0 Å². The highest BCUT2D eigenvalue weighted by Crippen LogP contribution is 2.55. The number of fused-ring (bicyclic) bond motifs is 1. The maximum Gasteiger partial charge on any atom is 0.179 e. The summed E-state index contributed by atoms with van der Waals surface area (Å²) in [5.41, 5.74) is 3.63. The number of rotatable bonds is 4. The van der Waals surface area contributed by atoms with E-state index in [1.54, 1.807) is 0 Å². The zero-order valence-corrected chi connectivity index (χ0v) is 14.6. The fourth-order valence-electron chi connectivity index (χ4n) is 6.52. The number of hydrogen-bond donors (Lipinski definition) is 2. The number of anilines is 1. The summed E-state index contributed by atoms with van der Waals surface area (Å²) in [6.07, 6.45) is 9.26. The Morgan fingerprint density at radius 3 is 2.50 bits per heavy atom. The highest BCUT2D eigenvalue weighted by atomic mass is 16.1. The van der Waals surface area contributed by atoms with Gasteiger partial charge < -0.3 is 10.6 Å². The normalized spacial score (nSPS) is 37.1. The first-order chi connectivity index (χ1) is 11.6. The molecule has 5 aliphatic rings. The summed E-state index contributed by atoms with van der Waals surface area (Å²) in [7, 11) is 0. The fourth-order valence-corrected chi connectivity index (χ4v) is 6.52. The molecule has 6 rings (SSSR count). The molecule has 128 valence electrons. The molecule has 1 aliphatic heterocycles. The van der Waals surface area contributed by atoms with E-state index in [0.717, 1.165) is 36.3 Å². The largest absolute Gasteiger partial charge is 0.384 e. The second-order valence-corrected chi connectivity index (χ2v) is 8.98. The van der Waals surface area contributed by atoms with Gasteiger partial charge in [-0.25, -0.2) is 0 Å². The molecule has 24 heavy (non-hydrogen) atoms. The summed E-state index contributed by atoms with van der Waals surface area (Å²) in [6, 6.07) is 6.11. The Kier molecular flexibility index (Phi) is 3.31. The van der Waals surface area contributed by atoms with Crippen molar-refractivity contribution in [1.82, 2.24) is 5.32 Å². The Bertz CT molecular complexity index is 645. The van der Waals surface area contributed by atoms with E-state index in [0.29, 0.717) is 0 Å². The van der Waals surface area contributed by atoms with Gasteiger partial charge in [0, 0.05) is 23.3 Å². The lowest BCUT2D eigenvalue weighted by Gasteiger charge is -2.57. The smallest absolute Gasteiger partial charge is 0.179 e. The van der Waals surface area contributed by atoms with E-state index in [9.17, 15) is 4.79 Å². The van der Waals surface area contributed by atoms with E-state index in [2.05, 4.69) is 29.7 Å². The van der Waals surface area contributed by atoms with Crippen LogP contribution in [0.1, 0.15) is 61.4 Å². The zero-order chi connectivity index (χ0) is 16.3. The molecule has 1 atom stereocenters. The third-order valence-electron chi connectivity index (χ3n) is 7.05. The Morgan fingerprint density at radius 1 is 1.17 bits per heavy atom. The second kappa shape index (κ2) is 5.32. The molecule has 2 N–H and O–H groups in total. The molecule has 1 heterocycles. The molecule has 1 unspecified atom stereocenters. The molecule has 4 bridgehead atoms. The van der Waals surface area contributed by atoms with Crippen molar-refractivity contribution in [2.45, 2.75) is 63.5 Å². The zero-order valence-electron chi connectivity index (χ0n) is 14.6. The van der Waals surface area contributed by atoms with E-state index in [-0.39, 0.29) is 17.4 Å². The van der Waals surface area contributed by atoms with Crippen molar-refractivity contribution in [1.29, 1.82) is 0 Å². The summed E-state index contributed by atoms with van der Waals surface area (Å²) >= 11 is 0. The van der Waals surface area contributed by atoms with Crippen molar-refractivity contribution < 1.29 is 4.79 Å². The van der Waals surface area contributed by atoms with Gasteiger partial charge in [-0.3, -0.25) is 4.79 Å². The molecule has 0 saturated heterocycles. The molecule has 4 fully saturated rings. The molecule has 1 aromatic rings. The third-order valence-corrected chi connectivity index (χ3v) is 7.05. The number of ketones is 1. The Balaban J connectivity index is 1.33. The number of Topliss-reactive ketones (excluding diaryl/α,β-unsaturated/α-hetero) is 1. The number of carbonyl (C=O) groups excluding carboxylic acids is 1. The predicted octanol–water partition coefficient (Wildman–Crippen LogP) is 3.78. The van der Waals surface area contributed by atoms with Crippen molar-refractivity contribution in [3.05, 3.63) is 29.3 Å². The van der Waals surface area contributed by atoms with Gasteiger partial charge in [0.05, 0.1) is 6.04 Å². The van der Waals surface area contributed by atoms with E-state index in [1.165, 1.54) is 49.8 Å². The van der Waals surface area contributed by atoms with Gasteiger partial charge in [-0.05, 0) is 93.4 Å². The van der Waals surface area contributed by atoms with Crippen LogP contribution in [0.3, 0.4) is 0 Å². The van der Waals surface area contributed by atoms with E-state index in [1.807, 2.05) is 6.07 Å². The summed E-state index contributed by atoms with van der Waals surface area (Å²) < 4.78 is 0. The molecular formula is C21H28N2O. The second-order valence-electron chi connectivity index (χ2n) is 8.98. The number of hydrogen-bond acceptors (Lipinski definition) is 3. The van der Waals surface area contributed by atoms with Crippen molar-refractivity contribution >= 4 is 11.5 Å². The maximum absolute atomic E-state index is 13.0. The molecular weight excluding hydrogens is 296 g/mol. The van der Waals surface area contributed by atoms with Crippen LogP contribution in [0, 0.1) is 17.8 Å². The van der Waals surface area contributed by atoms with Crippen LogP contribution in [-0.2, 0) is 6.42 Å². The van der Waals surface area contributed by atoms with Gasteiger partial charge in [0.25, 0.3) is 0 Å². The molecule has 1 aromatic carbocycles. The van der Waals surface area contributed by atoms with Crippen LogP contribution in [0.25, 0.3) is 0 Å². The highest BCUT2D eigenvalue weighted by molar-refractivity contribution is 6.00. The molecule has 0 amide bonds. The molecule has 4 aliphatic carbocycles. The number of benzene rings is 1. The average Bonchev–Trinajstić information content (AvgIpc) is 2.99. The van der Waals surface area contributed by atoms with Gasteiger partial charge in [-0.15, -0.1) is 0 Å². The summed E-state index contributed by atoms with van der Waals surface area (Å²) in [5, 5.41) is 7.20. The highest BCUT2D eigenvalue weighted by Gasteiger charge is 2.51. The minimum Gasteiger partial charge on any atom is -0.384 e. The molecule has 0 radical (unpaired) electrons. The lowest BCUT2D eigenvalue weighted by Crippen LogP contribution is -2.61. The molecule has 0 spiro atoms. The molecule has 3 nitrogen and oxygen atoms in total. The SMILES string of the molecule is CC(NC12CC3CC(CC(C3)C1)C2)C(=O)c1ccc2c(c1)CCN2. The lowest BCUT2D eigenvalue weighted by molar-refractivity contribution is -0.0231. The number of carbonyl (C=O) groups is 1. The summed E-state index contributed by atoms with van der Waals surface area (Å²) in [6.45, 7) is 3.07. The van der Waals surface area contributed by atoms with Gasteiger partial charge in [-0.1, -0.05) is 0 Å². The van der Waals surface area contributed by atoms with E-state index >= 15 is 0 Å². The fraction of sp³-hybridized carbons (Fsp3) is 0.667. The van der Waals surface area contributed by atoms with E-state index < -0.39 is 0 Å². The van der Waals surface area contributed by atoms with Gasteiger partial charge in [0.15, 0.2) is 5.78 Å². The predicted molar refractivity (Wildman–Crippen MR) is 96.5 cm³/mol. The quantitative estimate of drug-likeness (QED) is 0.828. The van der Waals surface area contributed by atoms with Crippen molar-refractivity contribution in [2.24, 2.45) is 17.8 Å². The third kappa shape index (κ3) is 2.40. The van der Waals surface area contributed by atoms with Crippen molar-refractivity contribution in [3.8, 4) is 0 Å². The molecule has 3 heteroatoms. The minimum atomic E-state index is -0.0753. The topological polar surface area (TPSA) is 41.1 Å². The van der Waals surface area contributed by atoms with Gasteiger partial charge in [0.2, 0.25) is 0 Å². The van der Waals surface area contributed by atoms with Crippen LogP contribution in [0.15, 0.2) is 18.2 Å². The Hall–Kier alpha value is -1.35. The van der Waals surface area contributed by atoms with Crippen molar-refractivity contribution in [2.75, 3.05) is 11.9 Å². The average molecular weight is 324 g/mol. The van der Waals surface area contributed by atoms with Gasteiger partial charge in [-0.2, -0.15) is 0 Å². The Morgan fingerprint density at radius 2 is 1.83 bits per heavy atom. The first-order valence-corrected chi connectivity index (χ1v) is 9.79. The van der Waals surface area contributed by atoms with Crippen LogP contribution >= 0.6 is 0 Å². The van der Waals surface area contributed by atoms with Crippen LogP contribution in [0.4, 0.5) is 5.69 Å². The molecule has 4 saturated carbocycles. The Labute approximate surface area is 144 Å². The van der Waals surface area contributed by atoms with Crippen molar-refractivity contribution in [3.63, 3.8) is 0 Å². The minimum absolute atomic E-state index is 0.0753.